The summed E-state index contributed by atoms with van der Waals surface area (Å²) in [5.41, 5.74) is 7.68. The molecule has 4 heteroatoms. The monoisotopic (exact) mass is 254 g/mol. The maximum atomic E-state index is 9.58. The summed E-state index contributed by atoms with van der Waals surface area (Å²) in [5, 5.41) is 10.3. The van der Waals surface area contributed by atoms with Crippen molar-refractivity contribution in [1.29, 1.82) is 0 Å². The number of aliphatic hydroxyl groups is 1. The molecule has 2 unspecified atom stereocenters. The summed E-state index contributed by atoms with van der Waals surface area (Å²) in [6, 6.07) is 6.00. The molecule has 1 aliphatic heterocycles. The minimum atomic E-state index is -0.237. The first-order valence-corrected chi connectivity index (χ1v) is 6.41. The second-order valence-corrected chi connectivity index (χ2v) is 5.12. The molecule has 0 bridgehead atoms. The van der Waals surface area contributed by atoms with Gasteiger partial charge in [0.25, 0.3) is 0 Å². The van der Waals surface area contributed by atoms with Gasteiger partial charge in [-0.2, -0.15) is 0 Å². The van der Waals surface area contributed by atoms with Gasteiger partial charge in [0.05, 0.1) is 6.10 Å². The standard InChI is InChI=1S/C13H19ClN2O/c1-9(17)11-4-5-16(8-11)12-3-2-10(7-15)13(14)6-12/h2-3,6,9,11,17H,4-5,7-8,15H2,1H3. The third kappa shape index (κ3) is 2.73. The minimum Gasteiger partial charge on any atom is -0.393 e. The van der Waals surface area contributed by atoms with Gasteiger partial charge < -0.3 is 15.7 Å². The van der Waals surface area contributed by atoms with Gasteiger partial charge in [0, 0.05) is 36.3 Å². The number of aliphatic hydroxyl groups excluding tert-OH is 1. The summed E-state index contributed by atoms with van der Waals surface area (Å²) < 4.78 is 0. The lowest BCUT2D eigenvalue weighted by Crippen LogP contribution is -2.23. The predicted molar refractivity (Wildman–Crippen MR) is 71.3 cm³/mol. The predicted octanol–water partition coefficient (Wildman–Crippen LogP) is 2.01. The van der Waals surface area contributed by atoms with Gasteiger partial charge in [-0.3, -0.25) is 0 Å². The molecule has 1 aliphatic rings. The van der Waals surface area contributed by atoms with Gasteiger partial charge in [-0.1, -0.05) is 17.7 Å². The fourth-order valence-electron chi connectivity index (χ4n) is 2.31. The van der Waals surface area contributed by atoms with Crippen molar-refractivity contribution in [3.63, 3.8) is 0 Å². The summed E-state index contributed by atoms with van der Waals surface area (Å²) >= 11 is 6.15. The largest absolute Gasteiger partial charge is 0.393 e. The van der Waals surface area contributed by atoms with E-state index in [9.17, 15) is 5.11 Å². The Morgan fingerprint density at radius 2 is 2.35 bits per heavy atom. The second kappa shape index (κ2) is 5.25. The Bertz CT molecular complexity index is 395. The van der Waals surface area contributed by atoms with Crippen LogP contribution in [0.25, 0.3) is 0 Å². The van der Waals surface area contributed by atoms with Crippen LogP contribution in [0.3, 0.4) is 0 Å². The molecule has 94 valence electrons. The molecule has 1 aromatic carbocycles. The van der Waals surface area contributed by atoms with Crippen LogP contribution in [0, 0.1) is 5.92 Å². The molecule has 1 saturated heterocycles. The molecule has 3 N–H and O–H groups in total. The van der Waals surface area contributed by atoms with Crippen molar-refractivity contribution in [1.82, 2.24) is 0 Å². The summed E-state index contributed by atoms with van der Waals surface area (Å²) in [6.07, 6.45) is 0.798. The van der Waals surface area contributed by atoms with Crippen molar-refractivity contribution in [3.8, 4) is 0 Å². The van der Waals surface area contributed by atoms with Gasteiger partial charge in [0.1, 0.15) is 0 Å². The highest BCUT2D eigenvalue weighted by molar-refractivity contribution is 6.31. The molecule has 0 aromatic heterocycles. The van der Waals surface area contributed by atoms with Crippen LogP contribution in [0.5, 0.6) is 0 Å². The number of benzene rings is 1. The fraction of sp³-hybridized carbons (Fsp3) is 0.538. The van der Waals surface area contributed by atoms with E-state index in [1.54, 1.807) is 0 Å². The lowest BCUT2D eigenvalue weighted by molar-refractivity contribution is 0.136. The van der Waals surface area contributed by atoms with Gasteiger partial charge in [-0.15, -0.1) is 0 Å². The van der Waals surface area contributed by atoms with Crippen LogP contribution in [-0.2, 0) is 6.54 Å². The Kier molecular flexibility index (Phi) is 3.92. The Morgan fingerprint density at radius 3 is 2.88 bits per heavy atom. The van der Waals surface area contributed by atoms with Crippen LogP contribution in [0.1, 0.15) is 18.9 Å². The van der Waals surface area contributed by atoms with Crippen LogP contribution in [0.15, 0.2) is 18.2 Å². The Morgan fingerprint density at radius 1 is 1.59 bits per heavy atom. The van der Waals surface area contributed by atoms with Crippen molar-refractivity contribution in [2.75, 3.05) is 18.0 Å². The maximum absolute atomic E-state index is 9.58. The van der Waals surface area contributed by atoms with Crippen LogP contribution in [-0.4, -0.2) is 24.3 Å². The molecule has 1 heterocycles. The van der Waals surface area contributed by atoms with E-state index in [1.165, 1.54) is 0 Å². The number of rotatable bonds is 3. The molecule has 0 saturated carbocycles. The number of anilines is 1. The molecule has 0 amide bonds. The van der Waals surface area contributed by atoms with Crippen molar-refractivity contribution in [3.05, 3.63) is 28.8 Å². The summed E-state index contributed by atoms with van der Waals surface area (Å²) in [5.74, 6) is 0.364. The highest BCUT2D eigenvalue weighted by atomic mass is 35.5. The molecule has 0 aliphatic carbocycles. The average Bonchev–Trinajstić information content (AvgIpc) is 2.78. The molecule has 2 atom stereocenters. The molecule has 3 nitrogen and oxygen atoms in total. The van der Waals surface area contributed by atoms with E-state index in [1.807, 2.05) is 19.1 Å². The average molecular weight is 255 g/mol. The van der Waals surface area contributed by atoms with E-state index >= 15 is 0 Å². The number of nitrogens with two attached hydrogens (primary N) is 1. The van der Waals surface area contributed by atoms with Crippen LogP contribution >= 0.6 is 11.6 Å². The van der Waals surface area contributed by atoms with Crippen LogP contribution in [0.2, 0.25) is 5.02 Å². The first kappa shape index (κ1) is 12.7. The molecule has 1 aromatic rings. The summed E-state index contributed by atoms with van der Waals surface area (Å²) in [4.78, 5) is 2.27. The van der Waals surface area contributed by atoms with E-state index in [-0.39, 0.29) is 6.10 Å². The van der Waals surface area contributed by atoms with Gasteiger partial charge >= 0.3 is 0 Å². The zero-order valence-corrected chi connectivity index (χ0v) is 10.8. The fourth-order valence-corrected chi connectivity index (χ4v) is 2.57. The first-order valence-electron chi connectivity index (χ1n) is 6.03. The molecule has 0 radical (unpaired) electrons. The summed E-state index contributed by atoms with van der Waals surface area (Å²) in [7, 11) is 0. The first-order chi connectivity index (χ1) is 8.11. The maximum Gasteiger partial charge on any atom is 0.0557 e. The van der Waals surface area contributed by atoms with Gasteiger partial charge in [0.2, 0.25) is 0 Å². The molecule has 1 fully saturated rings. The Labute approximate surface area is 107 Å². The van der Waals surface area contributed by atoms with Gasteiger partial charge in [-0.05, 0) is 31.0 Å². The van der Waals surface area contributed by atoms with Crippen LogP contribution in [0.4, 0.5) is 5.69 Å². The molecule has 0 spiro atoms. The molecule has 17 heavy (non-hydrogen) atoms. The Hall–Kier alpha value is -0.770. The summed E-state index contributed by atoms with van der Waals surface area (Å²) in [6.45, 7) is 4.21. The molecule has 2 rings (SSSR count). The third-order valence-electron chi connectivity index (χ3n) is 3.53. The van der Waals surface area contributed by atoms with E-state index < -0.39 is 0 Å². The SMILES string of the molecule is CC(O)C1CCN(c2ccc(CN)c(Cl)c2)C1. The van der Waals surface area contributed by atoms with E-state index in [0.717, 1.165) is 35.8 Å². The quantitative estimate of drug-likeness (QED) is 0.868. The number of hydrogen-bond donors (Lipinski definition) is 2. The minimum absolute atomic E-state index is 0.237. The van der Waals surface area contributed by atoms with Crippen molar-refractivity contribution in [2.45, 2.75) is 26.0 Å². The van der Waals surface area contributed by atoms with E-state index in [4.69, 9.17) is 17.3 Å². The van der Waals surface area contributed by atoms with Gasteiger partial charge in [0.15, 0.2) is 0 Å². The number of halogens is 1. The lowest BCUT2D eigenvalue weighted by Gasteiger charge is -2.20. The van der Waals surface area contributed by atoms with Crippen LogP contribution < -0.4 is 10.6 Å². The normalized spacial score (nSPS) is 21.9. The number of nitrogens with zero attached hydrogens (tertiary/aromatic N) is 1. The topological polar surface area (TPSA) is 49.5 Å². The zero-order valence-electron chi connectivity index (χ0n) is 10.1. The van der Waals surface area contributed by atoms with Crippen molar-refractivity contribution < 1.29 is 5.11 Å². The molecular weight excluding hydrogens is 236 g/mol. The van der Waals surface area contributed by atoms with Crippen molar-refractivity contribution in [2.24, 2.45) is 11.7 Å². The highest BCUT2D eigenvalue weighted by Crippen LogP contribution is 2.29. The van der Waals surface area contributed by atoms with E-state index in [2.05, 4.69) is 11.0 Å². The third-order valence-corrected chi connectivity index (χ3v) is 3.88. The zero-order chi connectivity index (χ0) is 12.4. The molecular formula is C13H19ClN2O. The van der Waals surface area contributed by atoms with Crippen molar-refractivity contribution >= 4 is 17.3 Å². The smallest absolute Gasteiger partial charge is 0.0557 e. The second-order valence-electron chi connectivity index (χ2n) is 4.72. The van der Waals surface area contributed by atoms with E-state index in [0.29, 0.717) is 12.5 Å². The Balaban J connectivity index is 2.11. The van der Waals surface area contributed by atoms with Gasteiger partial charge in [-0.25, -0.2) is 0 Å². The number of hydrogen-bond acceptors (Lipinski definition) is 3. The highest BCUT2D eigenvalue weighted by Gasteiger charge is 2.26. The lowest BCUT2D eigenvalue weighted by atomic mass is 10.0.